The largest absolute Gasteiger partial charge is 0.465 e. The highest BCUT2D eigenvalue weighted by Gasteiger charge is 2.26. The lowest BCUT2D eigenvalue weighted by atomic mass is 10.1. The van der Waals surface area contributed by atoms with Crippen LogP contribution < -0.4 is 5.32 Å². The summed E-state index contributed by atoms with van der Waals surface area (Å²) in [6, 6.07) is 9.58. The summed E-state index contributed by atoms with van der Waals surface area (Å²) in [5.74, 6) is 2.17. The van der Waals surface area contributed by atoms with Crippen molar-refractivity contribution in [3.8, 4) is 10.6 Å². The van der Waals surface area contributed by atoms with Gasteiger partial charge in [-0.1, -0.05) is 17.6 Å². The van der Waals surface area contributed by atoms with Crippen LogP contribution in [0.1, 0.15) is 47.3 Å². The Balaban J connectivity index is 1.44. The van der Waals surface area contributed by atoms with E-state index in [1.54, 1.807) is 17.4 Å². The fraction of sp³-hybridized carbons (Fsp3) is 0.400. The summed E-state index contributed by atoms with van der Waals surface area (Å²) in [7, 11) is 0. The number of piperidine rings is 1. The van der Waals surface area contributed by atoms with Crippen LogP contribution in [0.25, 0.3) is 10.6 Å². The molecule has 1 atom stereocenters. The van der Waals surface area contributed by atoms with Crippen molar-refractivity contribution in [3.05, 3.63) is 52.9 Å². The maximum absolute atomic E-state index is 12.6. The molecule has 0 saturated carbocycles. The fourth-order valence-electron chi connectivity index (χ4n) is 3.47. The highest BCUT2D eigenvalue weighted by molar-refractivity contribution is 7.13. The smallest absolute Gasteiger partial charge is 0.273 e. The molecule has 4 heterocycles. The first kappa shape index (κ1) is 18.0. The molecule has 1 fully saturated rings. The van der Waals surface area contributed by atoms with Crippen molar-refractivity contribution in [3.63, 3.8) is 0 Å². The van der Waals surface area contributed by atoms with E-state index in [9.17, 15) is 4.79 Å². The molecular weight excluding hydrogens is 362 g/mol. The Bertz CT molecular complexity index is 878. The summed E-state index contributed by atoms with van der Waals surface area (Å²) in [6.07, 6.45) is 3.62. The van der Waals surface area contributed by atoms with Gasteiger partial charge in [0.15, 0.2) is 11.5 Å². The van der Waals surface area contributed by atoms with E-state index in [2.05, 4.69) is 15.4 Å². The van der Waals surface area contributed by atoms with Crippen LogP contribution in [0, 0.1) is 6.92 Å². The lowest BCUT2D eigenvalue weighted by Gasteiger charge is -2.33. The second-order valence-corrected chi connectivity index (χ2v) is 7.77. The number of likely N-dealkylation sites (tertiary alicyclic amines) is 1. The zero-order valence-electron chi connectivity index (χ0n) is 15.3. The van der Waals surface area contributed by atoms with Crippen molar-refractivity contribution in [2.75, 3.05) is 19.6 Å². The number of hydrogen-bond acceptors (Lipinski definition) is 6. The quantitative estimate of drug-likeness (QED) is 0.686. The molecule has 1 aliphatic heterocycles. The molecule has 0 aliphatic carbocycles. The molecule has 6 nitrogen and oxygen atoms in total. The molecule has 142 valence electrons. The van der Waals surface area contributed by atoms with Gasteiger partial charge in [0.1, 0.15) is 11.5 Å². The van der Waals surface area contributed by atoms with Crippen molar-refractivity contribution >= 4 is 17.2 Å². The van der Waals surface area contributed by atoms with Gasteiger partial charge in [-0.05, 0) is 56.4 Å². The summed E-state index contributed by atoms with van der Waals surface area (Å²) in [5.41, 5.74) is 0.298. The first-order valence-electron chi connectivity index (χ1n) is 9.30. The second-order valence-electron chi connectivity index (χ2n) is 6.82. The number of carbonyl (C=O) groups is 1. The van der Waals surface area contributed by atoms with Crippen molar-refractivity contribution in [1.29, 1.82) is 0 Å². The van der Waals surface area contributed by atoms with E-state index in [4.69, 9.17) is 8.94 Å². The highest BCUT2D eigenvalue weighted by Crippen LogP contribution is 2.27. The molecule has 1 aliphatic rings. The van der Waals surface area contributed by atoms with Gasteiger partial charge < -0.3 is 14.3 Å². The van der Waals surface area contributed by atoms with Crippen LogP contribution in [0.4, 0.5) is 0 Å². The Morgan fingerprint density at radius 2 is 2.15 bits per heavy atom. The predicted molar refractivity (Wildman–Crippen MR) is 104 cm³/mol. The number of rotatable bonds is 6. The molecule has 27 heavy (non-hydrogen) atoms. The normalized spacial score (nSPS) is 16.3. The van der Waals surface area contributed by atoms with Gasteiger partial charge in [-0.25, -0.2) is 0 Å². The Morgan fingerprint density at radius 3 is 2.85 bits per heavy atom. The first-order chi connectivity index (χ1) is 13.2. The molecule has 4 rings (SSSR count). The van der Waals surface area contributed by atoms with Crippen molar-refractivity contribution < 1.29 is 13.7 Å². The third-order valence-electron chi connectivity index (χ3n) is 4.88. The monoisotopic (exact) mass is 385 g/mol. The number of amides is 1. The Morgan fingerprint density at radius 1 is 1.30 bits per heavy atom. The zero-order valence-corrected chi connectivity index (χ0v) is 16.1. The average Bonchev–Trinajstić information content (AvgIpc) is 3.44. The maximum atomic E-state index is 12.6. The summed E-state index contributed by atoms with van der Waals surface area (Å²) in [4.78, 5) is 15.9. The lowest BCUT2D eigenvalue weighted by molar-refractivity contribution is 0.0905. The predicted octanol–water partition coefficient (Wildman–Crippen LogP) is 4.26. The van der Waals surface area contributed by atoms with Gasteiger partial charge >= 0.3 is 0 Å². The fourth-order valence-corrected chi connectivity index (χ4v) is 4.14. The van der Waals surface area contributed by atoms with E-state index < -0.39 is 0 Å². The minimum atomic E-state index is -0.230. The maximum Gasteiger partial charge on any atom is 0.273 e. The third-order valence-corrected chi connectivity index (χ3v) is 5.77. The molecule has 0 spiro atoms. The van der Waals surface area contributed by atoms with Gasteiger partial charge in [-0.3, -0.25) is 9.69 Å². The van der Waals surface area contributed by atoms with Gasteiger partial charge in [0.25, 0.3) is 5.91 Å². The lowest BCUT2D eigenvalue weighted by Crippen LogP contribution is -2.40. The highest BCUT2D eigenvalue weighted by atomic mass is 32.1. The van der Waals surface area contributed by atoms with Crippen LogP contribution in [0.2, 0.25) is 0 Å². The van der Waals surface area contributed by atoms with E-state index in [0.717, 1.165) is 29.5 Å². The molecule has 1 saturated heterocycles. The Hall–Kier alpha value is -2.38. The summed E-state index contributed by atoms with van der Waals surface area (Å²) in [6.45, 7) is 4.46. The standard InChI is InChI=1S/C20H23N3O3S/c1-14-7-8-17(25-14)16(23-9-3-2-4-10-23)13-21-20(24)15-12-18(26-22-15)19-6-5-11-27-19/h5-8,11-12,16H,2-4,9-10,13H2,1H3,(H,21,24)/t16-/m0/s1. The molecule has 0 bridgehead atoms. The van der Waals surface area contributed by atoms with E-state index >= 15 is 0 Å². The number of aryl methyl sites for hydroxylation is 1. The molecule has 3 aromatic heterocycles. The number of carbonyl (C=O) groups excluding carboxylic acids is 1. The van der Waals surface area contributed by atoms with E-state index in [-0.39, 0.29) is 11.9 Å². The Kier molecular flexibility index (Phi) is 5.40. The average molecular weight is 385 g/mol. The topological polar surface area (TPSA) is 71.5 Å². The number of nitrogens with one attached hydrogen (secondary N) is 1. The molecule has 1 N–H and O–H groups in total. The minimum absolute atomic E-state index is 0.0339. The van der Waals surface area contributed by atoms with Gasteiger partial charge in [0.2, 0.25) is 0 Å². The molecule has 7 heteroatoms. The Labute approximate surface area is 162 Å². The van der Waals surface area contributed by atoms with Crippen LogP contribution in [0.3, 0.4) is 0 Å². The van der Waals surface area contributed by atoms with E-state index in [1.165, 1.54) is 19.3 Å². The minimum Gasteiger partial charge on any atom is -0.465 e. The van der Waals surface area contributed by atoms with Crippen LogP contribution in [-0.4, -0.2) is 35.6 Å². The number of hydrogen-bond donors (Lipinski definition) is 1. The zero-order chi connectivity index (χ0) is 18.6. The van der Waals surface area contributed by atoms with Crippen molar-refractivity contribution in [2.45, 2.75) is 32.2 Å². The summed E-state index contributed by atoms with van der Waals surface area (Å²) in [5, 5.41) is 8.89. The van der Waals surface area contributed by atoms with Crippen LogP contribution in [0.15, 0.2) is 44.7 Å². The van der Waals surface area contributed by atoms with Gasteiger partial charge in [0, 0.05) is 12.6 Å². The molecule has 0 unspecified atom stereocenters. The third kappa shape index (κ3) is 4.14. The van der Waals surface area contributed by atoms with Crippen LogP contribution >= 0.6 is 11.3 Å². The SMILES string of the molecule is Cc1ccc([C@H](CNC(=O)c2cc(-c3cccs3)on2)N2CCCCC2)o1. The van der Waals surface area contributed by atoms with Crippen LogP contribution in [0.5, 0.6) is 0 Å². The molecule has 1 amide bonds. The van der Waals surface area contributed by atoms with E-state index in [1.807, 2.05) is 36.6 Å². The molecule has 0 aromatic carbocycles. The van der Waals surface area contributed by atoms with E-state index in [0.29, 0.717) is 18.0 Å². The molecular formula is C20H23N3O3S. The second kappa shape index (κ2) is 8.10. The number of aromatic nitrogens is 1. The number of nitrogens with zero attached hydrogens (tertiary/aromatic N) is 2. The number of thiophene rings is 1. The first-order valence-corrected chi connectivity index (χ1v) is 10.2. The van der Waals surface area contributed by atoms with Gasteiger partial charge in [-0.2, -0.15) is 0 Å². The van der Waals surface area contributed by atoms with Crippen LogP contribution in [-0.2, 0) is 0 Å². The van der Waals surface area contributed by atoms with Gasteiger partial charge in [-0.15, -0.1) is 11.3 Å². The van der Waals surface area contributed by atoms with Crippen molar-refractivity contribution in [1.82, 2.24) is 15.4 Å². The molecule has 0 radical (unpaired) electrons. The summed E-state index contributed by atoms with van der Waals surface area (Å²) < 4.78 is 11.2. The summed E-state index contributed by atoms with van der Waals surface area (Å²) >= 11 is 1.55. The number of furan rings is 1. The van der Waals surface area contributed by atoms with Crippen molar-refractivity contribution in [2.24, 2.45) is 0 Å². The van der Waals surface area contributed by atoms with Gasteiger partial charge in [0.05, 0.1) is 10.9 Å². The molecule has 3 aromatic rings.